The van der Waals surface area contributed by atoms with Crippen LogP contribution in [0.5, 0.6) is 0 Å². The van der Waals surface area contributed by atoms with E-state index in [-0.39, 0.29) is 35.5 Å². The van der Waals surface area contributed by atoms with Crippen LogP contribution in [0, 0.1) is 5.92 Å². The highest BCUT2D eigenvalue weighted by molar-refractivity contribution is 7.91. The molecule has 1 saturated carbocycles. The summed E-state index contributed by atoms with van der Waals surface area (Å²) in [6.07, 6.45) is -0.683. The maximum atomic E-state index is 13.2. The number of rotatable bonds is 5. The zero-order valence-electron chi connectivity index (χ0n) is 16.2. The van der Waals surface area contributed by atoms with Crippen LogP contribution in [0.25, 0.3) is 0 Å². The van der Waals surface area contributed by atoms with Crippen LogP contribution in [0.3, 0.4) is 0 Å². The van der Waals surface area contributed by atoms with Crippen molar-refractivity contribution in [2.75, 3.05) is 10.7 Å². The number of fused-ring (bicyclic) bond motifs is 1. The van der Waals surface area contributed by atoms with E-state index in [4.69, 9.17) is 17.3 Å². The first-order valence-corrected chi connectivity index (χ1v) is 11.6. The summed E-state index contributed by atoms with van der Waals surface area (Å²) >= 11 is 5.90. The molecule has 10 heteroatoms. The van der Waals surface area contributed by atoms with Gasteiger partial charge in [-0.25, -0.2) is 17.2 Å². The Morgan fingerprint density at radius 1 is 1.19 bits per heavy atom. The van der Waals surface area contributed by atoms with Crippen LogP contribution in [0.2, 0.25) is 5.02 Å². The molecule has 0 unspecified atom stereocenters. The minimum absolute atomic E-state index is 0.00453. The van der Waals surface area contributed by atoms with Gasteiger partial charge in [0.15, 0.2) is 15.6 Å². The highest BCUT2D eigenvalue weighted by Crippen LogP contribution is 2.51. The number of nitrogens with two attached hydrogens (primary N) is 1. The number of hydrogen-bond donors (Lipinski definition) is 1. The zero-order valence-corrected chi connectivity index (χ0v) is 17.8. The van der Waals surface area contributed by atoms with Gasteiger partial charge in [-0.1, -0.05) is 23.7 Å². The number of hydrogen-bond acceptors (Lipinski definition) is 5. The number of carbonyl (C=O) groups excluding carboxylic acids is 2. The highest BCUT2D eigenvalue weighted by Gasteiger charge is 2.57. The molecular weight excluding hydrogens is 450 g/mol. The van der Waals surface area contributed by atoms with Gasteiger partial charge in [0.25, 0.3) is 5.92 Å². The van der Waals surface area contributed by atoms with E-state index in [0.29, 0.717) is 10.6 Å². The molecule has 6 nitrogen and oxygen atoms in total. The molecule has 0 spiro atoms. The monoisotopic (exact) mass is 468 g/mol. The van der Waals surface area contributed by atoms with Gasteiger partial charge in [0.1, 0.15) is 0 Å². The van der Waals surface area contributed by atoms with E-state index in [1.165, 1.54) is 23.1 Å². The number of amides is 1. The average Bonchev–Trinajstić information content (AvgIpc) is 3.32. The summed E-state index contributed by atoms with van der Waals surface area (Å²) in [5.41, 5.74) is 6.62. The van der Waals surface area contributed by atoms with Crippen LogP contribution in [0.15, 0.2) is 47.4 Å². The number of anilines is 1. The van der Waals surface area contributed by atoms with Gasteiger partial charge in [0, 0.05) is 29.3 Å². The van der Waals surface area contributed by atoms with Crippen LogP contribution in [0.1, 0.15) is 28.8 Å². The molecule has 0 aromatic heterocycles. The lowest BCUT2D eigenvalue weighted by molar-refractivity contribution is -0.119. The summed E-state index contributed by atoms with van der Waals surface area (Å²) in [4.78, 5) is 26.6. The minimum Gasteiger partial charge on any atom is -0.319 e. The normalized spacial score (nSPS) is 23.7. The van der Waals surface area contributed by atoms with Crippen LogP contribution in [-0.4, -0.2) is 37.8 Å². The Morgan fingerprint density at radius 2 is 1.84 bits per heavy atom. The summed E-state index contributed by atoms with van der Waals surface area (Å²) in [5.74, 6) is -5.57. The molecule has 1 fully saturated rings. The van der Waals surface area contributed by atoms with E-state index in [9.17, 15) is 26.8 Å². The van der Waals surface area contributed by atoms with Gasteiger partial charge < -0.3 is 10.6 Å². The zero-order chi connectivity index (χ0) is 22.6. The molecule has 1 aliphatic heterocycles. The van der Waals surface area contributed by atoms with Crippen molar-refractivity contribution in [1.82, 2.24) is 0 Å². The molecule has 4 rings (SSSR count). The first-order chi connectivity index (χ1) is 14.5. The van der Waals surface area contributed by atoms with Crippen LogP contribution in [-0.2, 0) is 21.2 Å². The number of sulfone groups is 1. The van der Waals surface area contributed by atoms with Gasteiger partial charge in [-0.2, -0.15) is 0 Å². The van der Waals surface area contributed by atoms with Crippen molar-refractivity contribution in [3.05, 3.63) is 58.6 Å². The van der Waals surface area contributed by atoms with Gasteiger partial charge in [-0.05, 0) is 35.9 Å². The standard InChI is InChI=1S/C21H19ClF2N2O4S/c22-15-4-1-12(2-5-15)10-26-17-7-13(18(27)8-14-9-21(14,23)24)3-6-19(17)31(29,30)11-16(25)20(26)28/h1-7,14,16H,8-11,25H2/t14-,16+/m1/s1. The summed E-state index contributed by atoms with van der Waals surface area (Å²) in [7, 11) is -3.90. The van der Waals surface area contributed by atoms with E-state index in [1.54, 1.807) is 24.3 Å². The summed E-state index contributed by atoms with van der Waals surface area (Å²) in [6.45, 7) is 0.00453. The van der Waals surface area contributed by atoms with Crippen LogP contribution < -0.4 is 10.6 Å². The number of ketones is 1. The number of carbonyl (C=O) groups is 2. The summed E-state index contributed by atoms with van der Waals surface area (Å²) in [6, 6.07) is 9.16. The van der Waals surface area contributed by atoms with Gasteiger partial charge in [0.05, 0.1) is 28.9 Å². The van der Waals surface area contributed by atoms with Gasteiger partial charge in [-0.15, -0.1) is 0 Å². The van der Waals surface area contributed by atoms with Gasteiger partial charge >= 0.3 is 0 Å². The molecule has 2 aliphatic rings. The van der Waals surface area contributed by atoms with E-state index < -0.39 is 45.2 Å². The van der Waals surface area contributed by atoms with Crippen molar-refractivity contribution in [2.24, 2.45) is 11.7 Å². The maximum Gasteiger partial charge on any atom is 0.252 e. The molecule has 1 amide bonds. The molecule has 1 aliphatic carbocycles. The quantitative estimate of drug-likeness (QED) is 0.679. The van der Waals surface area contributed by atoms with Crippen molar-refractivity contribution in [3.63, 3.8) is 0 Å². The number of halogens is 3. The molecule has 1 heterocycles. The van der Waals surface area contributed by atoms with Crippen molar-refractivity contribution in [2.45, 2.75) is 36.2 Å². The van der Waals surface area contributed by atoms with Crippen molar-refractivity contribution in [3.8, 4) is 0 Å². The maximum absolute atomic E-state index is 13.2. The van der Waals surface area contributed by atoms with Crippen molar-refractivity contribution in [1.29, 1.82) is 0 Å². The fourth-order valence-corrected chi connectivity index (χ4v) is 5.33. The van der Waals surface area contributed by atoms with E-state index in [1.807, 2.05) is 0 Å². The fraction of sp³-hybridized carbons (Fsp3) is 0.333. The first kappa shape index (κ1) is 21.9. The van der Waals surface area contributed by atoms with E-state index in [0.717, 1.165) is 0 Å². The van der Waals surface area contributed by atoms with E-state index in [2.05, 4.69) is 0 Å². The lowest BCUT2D eigenvalue weighted by atomic mass is 10.0. The average molecular weight is 469 g/mol. The van der Waals surface area contributed by atoms with Crippen molar-refractivity contribution < 1.29 is 26.8 Å². The van der Waals surface area contributed by atoms with Crippen LogP contribution in [0.4, 0.5) is 14.5 Å². The highest BCUT2D eigenvalue weighted by atomic mass is 35.5. The molecule has 164 valence electrons. The second kappa shape index (κ2) is 7.65. The molecule has 0 bridgehead atoms. The third-order valence-electron chi connectivity index (χ3n) is 5.53. The summed E-state index contributed by atoms with van der Waals surface area (Å²) in [5, 5.41) is 0.496. The second-order valence-corrected chi connectivity index (χ2v) is 10.3. The molecule has 31 heavy (non-hydrogen) atoms. The summed E-state index contributed by atoms with van der Waals surface area (Å²) < 4.78 is 52.0. The molecule has 2 aromatic carbocycles. The predicted octanol–water partition coefficient (Wildman–Crippen LogP) is 3.22. The molecule has 0 radical (unpaired) electrons. The Bertz CT molecular complexity index is 1170. The van der Waals surface area contributed by atoms with Crippen molar-refractivity contribution >= 4 is 38.8 Å². The first-order valence-electron chi connectivity index (χ1n) is 9.57. The largest absolute Gasteiger partial charge is 0.319 e. The molecule has 2 atom stereocenters. The number of Topliss-reactive ketones (excluding diaryl/α,β-unsaturated/α-hetero) is 1. The Kier molecular flexibility index (Phi) is 5.39. The Morgan fingerprint density at radius 3 is 2.45 bits per heavy atom. The third-order valence-corrected chi connectivity index (χ3v) is 7.60. The number of alkyl halides is 2. The molecule has 2 aromatic rings. The predicted molar refractivity (Wildman–Crippen MR) is 111 cm³/mol. The van der Waals surface area contributed by atoms with Crippen LogP contribution >= 0.6 is 11.6 Å². The van der Waals surface area contributed by atoms with Gasteiger partial charge in [0.2, 0.25) is 5.91 Å². The molecular formula is C21H19ClF2N2O4S. The number of benzene rings is 2. The third kappa shape index (κ3) is 4.35. The number of nitrogens with zero attached hydrogens (tertiary/aromatic N) is 1. The molecule has 0 saturated heterocycles. The lowest BCUT2D eigenvalue weighted by Crippen LogP contribution is -2.45. The van der Waals surface area contributed by atoms with E-state index >= 15 is 0 Å². The molecule has 2 N–H and O–H groups in total. The minimum atomic E-state index is -3.90. The Balaban J connectivity index is 1.75. The second-order valence-electron chi connectivity index (χ2n) is 7.91. The Labute approximate surface area is 182 Å². The topological polar surface area (TPSA) is 97.5 Å². The lowest BCUT2D eigenvalue weighted by Gasteiger charge is -2.24. The Hall–Kier alpha value is -2.36. The SMILES string of the molecule is N[C@H]1CS(=O)(=O)c2ccc(C(=O)C[C@@H]3CC3(F)F)cc2N(Cc2ccc(Cl)cc2)C1=O. The fourth-order valence-electron chi connectivity index (χ4n) is 3.65. The smallest absolute Gasteiger partial charge is 0.252 e. The van der Waals surface area contributed by atoms with Gasteiger partial charge in [-0.3, -0.25) is 9.59 Å².